The molecule has 1 fully saturated rings. The average molecular weight is 387 g/mol. The molecular weight excluding hydrogens is 361 g/mol. The Morgan fingerprint density at radius 2 is 1.85 bits per heavy atom. The van der Waals surface area contributed by atoms with E-state index in [4.69, 9.17) is 5.73 Å². The van der Waals surface area contributed by atoms with Crippen LogP contribution in [0.25, 0.3) is 0 Å². The Morgan fingerprint density at radius 3 is 2.45 bits per heavy atom. The van der Waals surface area contributed by atoms with Gasteiger partial charge in [-0.2, -0.15) is 0 Å². The van der Waals surface area contributed by atoms with Gasteiger partial charge in [0.15, 0.2) is 5.96 Å². The normalized spacial score (nSPS) is 19.2. The zero-order valence-corrected chi connectivity index (χ0v) is 14.8. The van der Waals surface area contributed by atoms with Crippen molar-refractivity contribution in [2.24, 2.45) is 22.1 Å². The summed E-state index contributed by atoms with van der Waals surface area (Å²) in [5.41, 5.74) is 7.43. The molecular formula is C16H26IN3. The summed E-state index contributed by atoms with van der Waals surface area (Å²) in [6, 6.07) is 9.94. The Kier molecular flexibility index (Phi) is 6.79. The number of nitrogens with two attached hydrogens (primary N) is 1. The molecule has 0 spiro atoms. The monoisotopic (exact) mass is 387 g/mol. The molecule has 0 unspecified atom stereocenters. The molecule has 20 heavy (non-hydrogen) atoms. The lowest BCUT2D eigenvalue weighted by atomic mass is 9.73. The minimum Gasteiger partial charge on any atom is -0.370 e. The van der Waals surface area contributed by atoms with E-state index in [9.17, 15) is 0 Å². The number of para-hydroxylation sites is 1. The zero-order valence-electron chi connectivity index (χ0n) is 12.4. The third-order valence-corrected chi connectivity index (χ3v) is 4.02. The first-order valence-corrected chi connectivity index (χ1v) is 7.17. The van der Waals surface area contributed by atoms with Crippen LogP contribution in [0.4, 0.5) is 5.69 Å². The molecule has 0 aliphatic heterocycles. The molecule has 1 aromatic carbocycles. The molecule has 2 rings (SSSR count). The van der Waals surface area contributed by atoms with Gasteiger partial charge in [-0.25, -0.2) is 0 Å². The summed E-state index contributed by atoms with van der Waals surface area (Å²) in [7, 11) is 0. The van der Waals surface area contributed by atoms with E-state index in [1.807, 2.05) is 30.3 Å². The number of guanidine groups is 1. The van der Waals surface area contributed by atoms with Gasteiger partial charge in [-0.15, -0.1) is 24.0 Å². The Bertz CT molecular complexity index is 419. The maximum atomic E-state index is 5.92. The molecule has 4 heteroatoms. The molecule has 0 aromatic heterocycles. The number of anilines is 1. The van der Waals surface area contributed by atoms with Crippen LogP contribution < -0.4 is 11.1 Å². The molecule has 1 aromatic rings. The Labute approximate surface area is 139 Å². The lowest BCUT2D eigenvalue weighted by Gasteiger charge is -2.33. The summed E-state index contributed by atoms with van der Waals surface area (Å²) in [5, 5.41) is 3.13. The topological polar surface area (TPSA) is 50.4 Å². The van der Waals surface area contributed by atoms with E-state index in [0.717, 1.165) is 12.2 Å². The van der Waals surface area contributed by atoms with Crippen LogP contribution in [0.1, 0.15) is 39.5 Å². The number of nitrogens with one attached hydrogen (secondary N) is 1. The van der Waals surface area contributed by atoms with Gasteiger partial charge in [-0.3, -0.25) is 4.99 Å². The van der Waals surface area contributed by atoms with Crippen molar-refractivity contribution in [1.29, 1.82) is 0 Å². The molecule has 0 radical (unpaired) electrons. The molecule has 0 saturated heterocycles. The van der Waals surface area contributed by atoms with E-state index in [0.29, 0.717) is 17.3 Å². The molecule has 0 bridgehead atoms. The first-order valence-electron chi connectivity index (χ1n) is 7.17. The third kappa shape index (κ3) is 5.69. The van der Waals surface area contributed by atoms with E-state index in [2.05, 4.69) is 24.2 Å². The van der Waals surface area contributed by atoms with Crippen molar-refractivity contribution < 1.29 is 0 Å². The van der Waals surface area contributed by atoms with Gasteiger partial charge in [0.2, 0.25) is 0 Å². The zero-order chi connectivity index (χ0) is 13.7. The van der Waals surface area contributed by atoms with Crippen LogP contribution in [-0.2, 0) is 0 Å². The van der Waals surface area contributed by atoms with Crippen molar-refractivity contribution in [3.05, 3.63) is 30.3 Å². The van der Waals surface area contributed by atoms with Crippen molar-refractivity contribution in [2.45, 2.75) is 39.5 Å². The summed E-state index contributed by atoms with van der Waals surface area (Å²) in [4.78, 5) is 4.47. The summed E-state index contributed by atoms with van der Waals surface area (Å²) in [6.07, 6.45) is 5.16. The van der Waals surface area contributed by atoms with Gasteiger partial charge in [0, 0.05) is 12.2 Å². The van der Waals surface area contributed by atoms with Gasteiger partial charge in [0.05, 0.1) is 0 Å². The van der Waals surface area contributed by atoms with Crippen molar-refractivity contribution in [1.82, 2.24) is 0 Å². The maximum absolute atomic E-state index is 5.92. The molecule has 112 valence electrons. The smallest absolute Gasteiger partial charge is 0.193 e. The molecule has 1 saturated carbocycles. The highest BCUT2D eigenvalue weighted by Gasteiger charge is 2.26. The second-order valence-electron chi connectivity index (χ2n) is 6.32. The Balaban J connectivity index is 0.00000200. The van der Waals surface area contributed by atoms with Crippen molar-refractivity contribution in [2.75, 3.05) is 11.9 Å². The number of hydrogen-bond acceptors (Lipinski definition) is 1. The van der Waals surface area contributed by atoms with Gasteiger partial charge >= 0.3 is 0 Å². The van der Waals surface area contributed by atoms with Crippen LogP contribution in [0.5, 0.6) is 0 Å². The van der Waals surface area contributed by atoms with E-state index < -0.39 is 0 Å². The second-order valence-corrected chi connectivity index (χ2v) is 6.32. The lowest BCUT2D eigenvalue weighted by molar-refractivity contribution is 0.195. The molecule has 3 nitrogen and oxygen atoms in total. The van der Waals surface area contributed by atoms with Crippen LogP contribution in [0.15, 0.2) is 35.3 Å². The van der Waals surface area contributed by atoms with Crippen LogP contribution in [0, 0.1) is 11.3 Å². The first kappa shape index (κ1) is 17.3. The van der Waals surface area contributed by atoms with E-state index in [1.54, 1.807) is 0 Å². The van der Waals surface area contributed by atoms with Gasteiger partial charge in [0.1, 0.15) is 0 Å². The Hall–Kier alpha value is -0.780. The molecule has 1 aliphatic carbocycles. The number of halogens is 1. The minimum absolute atomic E-state index is 0. The van der Waals surface area contributed by atoms with Gasteiger partial charge in [0.25, 0.3) is 0 Å². The third-order valence-electron chi connectivity index (χ3n) is 4.02. The summed E-state index contributed by atoms with van der Waals surface area (Å²) in [5.74, 6) is 1.22. The number of rotatable bonds is 3. The van der Waals surface area contributed by atoms with Gasteiger partial charge < -0.3 is 11.1 Å². The summed E-state index contributed by atoms with van der Waals surface area (Å²) in [6.45, 7) is 5.57. The maximum Gasteiger partial charge on any atom is 0.193 e. The van der Waals surface area contributed by atoms with E-state index in [-0.39, 0.29) is 24.0 Å². The largest absolute Gasteiger partial charge is 0.370 e. The fourth-order valence-corrected chi connectivity index (χ4v) is 2.58. The average Bonchev–Trinajstić information content (AvgIpc) is 2.39. The van der Waals surface area contributed by atoms with Crippen molar-refractivity contribution in [3.8, 4) is 0 Å². The lowest BCUT2D eigenvalue weighted by Crippen LogP contribution is -2.26. The highest BCUT2D eigenvalue weighted by molar-refractivity contribution is 14.0. The number of nitrogens with zero attached hydrogens (tertiary/aromatic N) is 1. The standard InChI is InChI=1S/C16H25N3.HI/c1-16(2)10-8-13(9-11-16)12-18-15(17)19-14-6-4-3-5-7-14;/h3-7,13H,8-12H2,1-2H3,(H3,17,18,19);1H. The van der Waals surface area contributed by atoms with Crippen LogP contribution in [-0.4, -0.2) is 12.5 Å². The summed E-state index contributed by atoms with van der Waals surface area (Å²) < 4.78 is 0. The number of aliphatic imine (C=N–C) groups is 1. The molecule has 0 heterocycles. The minimum atomic E-state index is 0. The Morgan fingerprint density at radius 1 is 1.25 bits per heavy atom. The van der Waals surface area contributed by atoms with Gasteiger partial charge in [-0.1, -0.05) is 32.0 Å². The second kappa shape index (κ2) is 7.86. The molecule has 1 aliphatic rings. The van der Waals surface area contributed by atoms with Crippen molar-refractivity contribution in [3.63, 3.8) is 0 Å². The van der Waals surface area contributed by atoms with Crippen molar-refractivity contribution >= 4 is 35.6 Å². The predicted molar refractivity (Wildman–Crippen MR) is 97.7 cm³/mol. The highest BCUT2D eigenvalue weighted by atomic mass is 127. The predicted octanol–water partition coefficient (Wildman–Crippen LogP) is 4.25. The molecule has 0 atom stereocenters. The van der Waals surface area contributed by atoms with E-state index in [1.165, 1.54) is 25.7 Å². The molecule has 3 N–H and O–H groups in total. The number of hydrogen-bond donors (Lipinski definition) is 2. The summed E-state index contributed by atoms with van der Waals surface area (Å²) >= 11 is 0. The quantitative estimate of drug-likeness (QED) is 0.463. The number of benzene rings is 1. The fourth-order valence-electron chi connectivity index (χ4n) is 2.58. The SMILES string of the molecule is CC1(C)CCC(CN=C(N)Nc2ccccc2)CC1.I. The first-order chi connectivity index (χ1) is 9.05. The van der Waals surface area contributed by atoms with Gasteiger partial charge in [-0.05, 0) is 49.1 Å². The van der Waals surface area contributed by atoms with Crippen LogP contribution in [0.3, 0.4) is 0 Å². The van der Waals surface area contributed by atoms with Crippen LogP contribution >= 0.6 is 24.0 Å². The highest BCUT2D eigenvalue weighted by Crippen LogP contribution is 2.37. The van der Waals surface area contributed by atoms with E-state index >= 15 is 0 Å². The van der Waals surface area contributed by atoms with Crippen LogP contribution in [0.2, 0.25) is 0 Å². The molecule has 0 amide bonds. The fraction of sp³-hybridized carbons (Fsp3) is 0.562.